The first-order valence-corrected chi connectivity index (χ1v) is 6.42. The van der Waals surface area contributed by atoms with E-state index in [2.05, 4.69) is 16.4 Å². The molecule has 2 aromatic rings. The largest absolute Gasteiger partial charge is 0.489 e. The number of nitriles is 1. The van der Waals surface area contributed by atoms with Crippen LogP contribution in [0.1, 0.15) is 36.3 Å². The smallest absolute Gasteiger partial charge is 0.358 e. The molecule has 0 aliphatic carbocycles. The van der Waals surface area contributed by atoms with E-state index in [1.165, 1.54) is 10.9 Å². The highest BCUT2D eigenvalue weighted by Crippen LogP contribution is 2.23. The fourth-order valence-corrected chi connectivity index (χ4v) is 1.64. The Kier molecular flexibility index (Phi) is 4.18. The Bertz CT molecular complexity index is 702. The Hall–Kier alpha value is -2.88. The Morgan fingerprint density at radius 1 is 1.57 bits per heavy atom. The molecule has 0 bridgehead atoms. The van der Waals surface area contributed by atoms with Gasteiger partial charge < -0.3 is 9.84 Å². The number of rotatable bonds is 5. The van der Waals surface area contributed by atoms with Gasteiger partial charge in [0, 0.05) is 0 Å². The highest BCUT2D eigenvalue weighted by molar-refractivity contribution is 5.84. The van der Waals surface area contributed by atoms with E-state index in [0.29, 0.717) is 17.0 Å². The lowest BCUT2D eigenvalue weighted by Crippen LogP contribution is -2.11. The van der Waals surface area contributed by atoms with Gasteiger partial charge in [-0.25, -0.2) is 9.48 Å². The molecule has 0 saturated carbocycles. The van der Waals surface area contributed by atoms with Crippen molar-refractivity contribution in [3.05, 3.63) is 35.7 Å². The lowest BCUT2D eigenvalue weighted by Gasteiger charge is -2.14. The fraction of sp³-hybridized carbons (Fsp3) is 0.286. The third-order valence-electron chi connectivity index (χ3n) is 2.96. The van der Waals surface area contributed by atoms with Crippen molar-refractivity contribution in [2.45, 2.75) is 26.4 Å². The van der Waals surface area contributed by atoms with Crippen molar-refractivity contribution < 1.29 is 14.6 Å². The molecule has 1 heterocycles. The van der Waals surface area contributed by atoms with Gasteiger partial charge in [0.25, 0.3) is 0 Å². The molecular weight excluding hydrogens is 272 g/mol. The van der Waals surface area contributed by atoms with Gasteiger partial charge in [0.2, 0.25) is 0 Å². The summed E-state index contributed by atoms with van der Waals surface area (Å²) in [6.45, 7) is 3.92. The number of hydrogen-bond donors (Lipinski definition) is 1. The van der Waals surface area contributed by atoms with Crippen molar-refractivity contribution >= 4 is 5.97 Å². The zero-order valence-corrected chi connectivity index (χ0v) is 11.6. The summed E-state index contributed by atoms with van der Waals surface area (Å²) in [7, 11) is 0. The second-order valence-electron chi connectivity index (χ2n) is 4.48. The molecule has 7 nitrogen and oxygen atoms in total. The number of nitrogens with zero attached hydrogens (tertiary/aromatic N) is 4. The number of aromatic carboxylic acids is 1. The number of hydrogen-bond acceptors (Lipinski definition) is 5. The predicted octanol–water partition coefficient (Wildman–Crippen LogP) is 2.01. The van der Waals surface area contributed by atoms with Gasteiger partial charge in [0.1, 0.15) is 11.8 Å². The summed E-state index contributed by atoms with van der Waals surface area (Å²) < 4.78 is 6.96. The summed E-state index contributed by atoms with van der Waals surface area (Å²) in [6, 6.07) is 7.01. The van der Waals surface area contributed by atoms with Crippen LogP contribution in [0.25, 0.3) is 5.69 Å². The SMILES string of the molecule is CCC(C)Oc1ccc(-n2cc(C(=O)O)nn2)cc1C#N. The maximum atomic E-state index is 10.8. The van der Waals surface area contributed by atoms with Gasteiger partial charge >= 0.3 is 5.97 Å². The molecule has 0 fully saturated rings. The summed E-state index contributed by atoms with van der Waals surface area (Å²) >= 11 is 0. The predicted molar refractivity (Wildman–Crippen MR) is 73.4 cm³/mol. The first-order valence-electron chi connectivity index (χ1n) is 6.42. The van der Waals surface area contributed by atoms with Crippen molar-refractivity contribution in [2.75, 3.05) is 0 Å². The lowest BCUT2D eigenvalue weighted by atomic mass is 10.2. The van der Waals surface area contributed by atoms with Crippen LogP contribution in [-0.2, 0) is 0 Å². The van der Waals surface area contributed by atoms with Crippen molar-refractivity contribution in [3.8, 4) is 17.5 Å². The summed E-state index contributed by atoms with van der Waals surface area (Å²) in [5.41, 5.74) is 0.747. The number of carboxylic acid groups (broad SMARTS) is 1. The molecule has 2 rings (SSSR count). The Morgan fingerprint density at radius 2 is 2.33 bits per heavy atom. The number of carbonyl (C=O) groups is 1. The molecule has 1 aromatic carbocycles. The maximum Gasteiger partial charge on any atom is 0.358 e. The lowest BCUT2D eigenvalue weighted by molar-refractivity contribution is 0.0690. The van der Waals surface area contributed by atoms with E-state index in [1.807, 2.05) is 13.8 Å². The number of carboxylic acids is 1. The van der Waals surface area contributed by atoms with Crippen LogP contribution >= 0.6 is 0 Å². The molecule has 7 heteroatoms. The second kappa shape index (κ2) is 6.05. The third kappa shape index (κ3) is 3.17. The molecule has 0 radical (unpaired) electrons. The molecule has 0 saturated heterocycles. The van der Waals surface area contributed by atoms with Gasteiger partial charge in [-0.2, -0.15) is 5.26 Å². The molecule has 0 spiro atoms. The van der Waals surface area contributed by atoms with Crippen LogP contribution in [0, 0.1) is 11.3 Å². The minimum absolute atomic E-state index is 0.00735. The topological polar surface area (TPSA) is 101 Å². The first-order chi connectivity index (χ1) is 10.0. The van der Waals surface area contributed by atoms with Crippen LogP contribution in [0.2, 0.25) is 0 Å². The van der Waals surface area contributed by atoms with E-state index in [-0.39, 0.29) is 11.8 Å². The average Bonchev–Trinajstić information content (AvgIpc) is 2.97. The molecular formula is C14H14N4O3. The molecule has 1 atom stereocenters. The quantitative estimate of drug-likeness (QED) is 0.902. The monoisotopic (exact) mass is 286 g/mol. The normalized spacial score (nSPS) is 11.7. The van der Waals surface area contributed by atoms with Crippen LogP contribution < -0.4 is 4.74 Å². The fourth-order valence-electron chi connectivity index (χ4n) is 1.64. The number of aromatic nitrogens is 3. The van der Waals surface area contributed by atoms with E-state index in [0.717, 1.165) is 6.42 Å². The van der Waals surface area contributed by atoms with Gasteiger partial charge in [-0.15, -0.1) is 5.10 Å². The minimum Gasteiger partial charge on any atom is -0.489 e. The standard InChI is InChI=1S/C14H14N4O3/c1-3-9(2)21-13-5-4-11(6-10(13)7-15)18-8-12(14(19)20)16-17-18/h4-6,8-9H,3H2,1-2H3,(H,19,20). The van der Waals surface area contributed by atoms with E-state index in [4.69, 9.17) is 9.84 Å². The van der Waals surface area contributed by atoms with Crippen LogP contribution in [0.5, 0.6) is 5.75 Å². The molecule has 21 heavy (non-hydrogen) atoms. The summed E-state index contributed by atoms with van der Waals surface area (Å²) in [5.74, 6) is -0.660. The molecule has 108 valence electrons. The minimum atomic E-state index is -1.15. The molecule has 0 aliphatic heterocycles. The Balaban J connectivity index is 2.34. The zero-order chi connectivity index (χ0) is 15.4. The van der Waals surface area contributed by atoms with Crippen LogP contribution in [0.15, 0.2) is 24.4 Å². The number of ether oxygens (including phenoxy) is 1. The number of benzene rings is 1. The van der Waals surface area contributed by atoms with Gasteiger partial charge in [-0.1, -0.05) is 12.1 Å². The van der Waals surface area contributed by atoms with Crippen molar-refractivity contribution in [1.29, 1.82) is 5.26 Å². The van der Waals surface area contributed by atoms with Crippen LogP contribution in [0.3, 0.4) is 0 Å². The van der Waals surface area contributed by atoms with E-state index in [1.54, 1.807) is 18.2 Å². The summed E-state index contributed by atoms with van der Waals surface area (Å²) in [6.07, 6.45) is 2.12. The molecule has 1 aromatic heterocycles. The Morgan fingerprint density at radius 3 is 2.90 bits per heavy atom. The van der Waals surface area contributed by atoms with Gasteiger partial charge in [-0.3, -0.25) is 0 Å². The van der Waals surface area contributed by atoms with E-state index >= 15 is 0 Å². The van der Waals surface area contributed by atoms with Crippen LogP contribution in [0.4, 0.5) is 0 Å². The highest BCUT2D eigenvalue weighted by atomic mass is 16.5. The van der Waals surface area contributed by atoms with Gasteiger partial charge in [0.15, 0.2) is 5.69 Å². The third-order valence-corrected chi connectivity index (χ3v) is 2.96. The van der Waals surface area contributed by atoms with Crippen molar-refractivity contribution in [2.24, 2.45) is 0 Å². The van der Waals surface area contributed by atoms with Crippen molar-refractivity contribution in [3.63, 3.8) is 0 Å². The van der Waals surface area contributed by atoms with Gasteiger partial charge in [-0.05, 0) is 31.5 Å². The molecule has 1 unspecified atom stereocenters. The van der Waals surface area contributed by atoms with Gasteiger partial charge in [0.05, 0.1) is 23.6 Å². The zero-order valence-electron chi connectivity index (χ0n) is 11.6. The molecule has 0 amide bonds. The van der Waals surface area contributed by atoms with E-state index in [9.17, 15) is 10.1 Å². The molecule has 1 N–H and O–H groups in total. The van der Waals surface area contributed by atoms with Crippen LogP contribution in [-0.4, -0.2) is 32.2 Å². The molecule has 0 aliphatic rings. The second-order valence-corrected chi connectivity index (χ2v) is 4.48. The summed E-state index contributed by atoms with van der Waals surface area (Å²) in [5, 5.41) is 25.3. The highest BCUT2D eigenvalue weighted by Gasteiger charge is 2.12. The summed E-state index contributed by atoms with van der Waals surface area (Å²) in [4.78, 5) is 10.8. The van der Waals surface area contributed by atoms with Crippen molar-refractivity contribution in [1.82, 2.24) is 15.0 Å². The van der Waals surface area contributed by atoms with E-state index < -0.39 is 5.97 Å². The maximum absolute atomic E-state index is 10.8. The Labute approximate surface area is 121 Å². The first kappa shape index (κ1) is 14.5. The average molecular weight is 286 g/mol.